The summed E-state index contributed by atoms with van der Waals surface area (Å²) in [5, 5.41) is 9.69. The van der Waals surface area contributed by atoms with E-state index in [1.54, 1.807) is 7.11 Å². The third-order valence-electron chi connectivity index (χ3n) is 7.59. The minimum absolute atomic E-state index is 0.0933. The average molecular weight is 488 g/mol. The SMILES string of the molecule is Bc1ccc2c(c1)C(c1ccc(C)cc1)(c1ccc(OC)cc1)c1cccc(BOCC(C)(C)CO)c1-2. The normalized spacial score (nSPS) is 16.2. The van der Waals surface area contributed by atoms with Crippen molar-refractivity contribution < 1.29 is 14.5 Å². The Morgan fingerprint density at radius 3 is 2.22 bits per heavy atom. The van der Waals surface area contributed by atoms with E-state index < -0.39 is 5.41 Å². The van der Waals surface area contributed by atoms with E-state index in [4.69, 9.17) is 9.39 Å². The Balaban J connectivity index is 1.77. The van der Waals surface area contributed by atoms with Gasteiger partial charge in [0, 0.05) is 12.0 Å². The largest absolute Gasteiger partial charge is 0.497 e. The lowest BCUT2D eigenvalue weighted by atomic mass is 9.66. The van der Waals surface area contributed by atoms with Gasteiger partial charge >= 0.3 is 7.48 Å². The molecule has 0 spiro atoms. The predicted molar refractivity (Wildman–Crippen MR) is 157 cm³/mol. The van der Waals surface area contributed by atoms with Crippen molar-refractivity contribution in [1.82, 2.24) is 0 Å². The molecule has 4 aromatic carbocycles. The molecule has 5 heteroatoms. The highest BCUT2D eigenvalue weighted by Crippen LogP contribution is 2.55. The summed E-state index contributed by atoms with van der Waals surface area (Å²) < 4.78 is 11.7. The van der Waals surface area contributed by atoms with Gasteiger partial charge in [-0.25, -0.2) is 0 Å². The van der Waals surface area contributed by atoms with E-state index in [2.05, 4.69) is 99.7 Å². The molecule has 0 fully saturated rings. The van der Waals surface area contributed by atoms with Gasteiger partial charge in [-0.15, -0.1) is 0 Å². The molecule has 0 amide bonds. The van der Waals surface area contributed by atoms with Crippen molar-refractivity contribution in [2.45, 2.75) is 26.2 Å². The fourth-order valence-electron chi connectivity index (χ4n) is 5.60. The van der Waals surface area contributed by atoms with Crippen LogP contribution in [-0.4, -0.2) is 40.8 Å². The quantitative estimate of drug-likeness (QED) is 0.339. The molecule has 0 saturated heterocycles. The fourth-order valence-corrected chi connectivity index (χ4v) is 5.60. The van der Waals surface area contributed by atoms with Crippen LogP contribution in [0.2, 0.25) is 0 Å². The van der Waals surface area contributed by atoms with Crippen LogP contribution in [0.3, 0.4) is 0 Å². The minimum atomic E-state index is -0.461. The Bertz CT molecular complexity index is 1410. The second-order valence-corrected chi connectivity index (χ2v) is 11.0. The van der Waals surface area contributed by atoms with Gasteiger partial charge < -0.3 is 14.5 Å². The third-order valence-corrected chi connectivity index (χ3v) is 7.59. The lowest BCUT2D eigenvalue weighted by Gasteiger charge is -2.34. The van der Waals surface area contributed by atoms with Crippen LogP contribution in [-0.2, 0) is 10.1 Å². The van der Waals surface area contributed by atoms with E-state index in [9.17, 15) is 5.11 Å². The van der Waals surface area contributed by atoms with Gasteiger partial charge in [-0.2, -0.15) is 0 Å². The molecule has 4 aromatic rings. The zero-order valence-corrected chi connectivity index (χ0v) is 22.5. The number of hydrogen-bond acceptors (Lipinski definition) is 3. The Morgan fingerprint density at radius 1 is 0.892 bits per heavy atom. The zero-order valence-electron chi connectivity index (χ0n) is 22.5. The molecule has 0 aromatic heterocycles. The first-order valence-electron chi connectivity index (χ1n) is 12.9. The Morgan fingerprint density at radius 2 is 1.57 bits per heavy atom. The van der Waals surface area contributed by atoms with Gasteiger partial charge in [0.1, 0.15) is 13.6 Å². The topological polar surface area (TPSA) is 38.7 Å². The molecule has 1 N–H and O–H groups in total. The number of aliphatic hydroxyl groups excluding tert-OH is 1. The second-order valence-electron chi connectivity index (χ2n) is 11.0. The van der Waals surface area contributed by atoms with Crippen LogP contribution in [0, 0.1) is 12.3 Å². The van der Waals surface area contributed by atoms with Crippen molar-refractivity contribution in [1.29, 1.82) is 0 Å². The Kier molecular flexibility index (Phi) is 6.78. The van der Waals surface area contributed by atoms with E-state index in [0.717, 1.165) is 5.75 Å². The molecular formula is C32H34B2O3. The van der Waals surface area contributed by atoms with Crippen LogP contribution >= 0.6 is 0 Å². The molecule has 0 bridgehead atoms. The highest BCUT2D eigenvalue weighted by atomic mass is 16.5. The van der Waals surface area contributed by atoms with Gasteiger partial charge in [-0.3, -0.25) is 0 Å². The van der Waals surface area contributed by atoms with E-state index in [-0.39, 0.29) is 12.0 Å². The van der Waals surface area contributed by atoms with Crippen molar-refractivity contribution >= 4 is 26.3 Å². The maximum Gasteiger partial charge on any atom is 0.309 e. The van der Waals surface area contributed by atoms with Crippen LogP contribution in [0.25, 0.3) is 11.1 Å². The first kappa shape index (κ1) is 25.4. The number of aliphatic hydroxyl groups is 1. The van der Waals surface area contributed by atoms with Gasteiger partial charge in [0.2, 0.25) is 0 Å². The number of hydrogen-bond donors (Lipinski definition) is 1. The summed E-state index contributed by atoms with van der Waals surface area (Å²) >= 11 is 0. The first-order chi connectivity index (χ1) is 17.8. The monoisotopic (exact) mass is 488 g/mol. The predicted octanol–water partition coefficient (Wildman–Crippen LogP) is 3.64. The maximum atomic E-state index is 9.69. The van der Waals surface area contributed by atoms with Gasteiger partial charge in [-0.05, 0) is 57.9 Å². The number of ether oxygens (including phenoxy) is 1. The van der Waals surface area contributed by atoms with Crippen molar-refractivity contribution in [3.63, 3.8) is 0 Å². The van der Waals surface area contributed by atoms with Crippen LogP contribution in [0.15, 0.2) is 84.9 Å². The molecule has 186 valence electrons. The van der Waals surface area contributed by atoms with E-state index >= 15 is 0 Å². The van der Waals surface area contributed by atoms with Gasteiger partial charge in [0.15, 0.2) is 0 Å². The highest BCUT2D eigenvalue weighted by molar-refractivity contribution is 6.50. The standard InChI is InChI=1S/C32H34B2O3/c1-21-8-10-22(11-9-21)32(23-12-15-25(36-4)16-13-23)27-6-5-7-29(34-37-20-31(2,3)19-35)30(27)26-17-14-24(33)18-28(26)32/h5-18,34-35H,19-20,33H2,1-4H3. The number of rotatable bonds is 8. The third kappa shape index (κ3) is 4.41. The average Bonchev–Trinajstić information content (AvgIpc) is 3.20. The molecule has 1 aliphatic carbocycles. The lowest BCUT2D eigenvalue weighted by Crippen LogP contribution is -2.31. The Labute approximate surface area is 222 Å². The van der Waals surface area contributed by atoms with E-state index in [0.29, 0.717) is 14.1 Å². The van der Waals surface area contributed by atoms with Crippen molar-refractivity contribution in [2.24, 2.45) is 5.41 Å². The summed E-state index contributed by atoms with van der Waals surface area (Å²) in [6.07, 6.45) is 0. The summed E-state index contributed by atoms with van der Waals surface area (Å²) in [6, 6.07) is 30.9. The number of benzene rings is 4. The highest BCUT2D eigenvalue weighted by Gasteiger charge is 2.46. The van der Waals surface area contributed by atoms with E-state index in [1.807, 2.05) is 13.8 Å². The van der Waals surface area contributed by atoms with Crippen LogP contribution in [0.4, 0.5) is 0 Å². The van der Waals surface area contributed by atoms with Crippen molar-refractivity contribution in [2.75, 3.05) is 20.3 Å². The zero-order chi connectivity index (χ0) is 26.2. The van der Waals surface area contributed by atoms with Crippen LogP contribution < -0.4 is 15.7 Å². The molecule has 0 heterocycles. The van der Waals surface area contributed by atoms with Crippen molar-refractivity contribution in [3.05, 3.63) is 113 Å². The number of aryl methyl sites for hydroxylation is 1. The van der Waals surface area contributed by atoms with Gasteiger partial charge in [0.05, 0.1) is 19.1 Å². The molecule has 0 radical (unpaired) electrons. The lowest BCUT2D eigenvalue weighted by molar-refractivity contribution is 0.101. The molecule has 0 aliphatic heterocycles. The number of methoxy groups -OCH3 is 1. The summed E-state index contributed by atoms with van der Waals surface area (Å²) in [6.45, 7) is 6.76. The molecule has 1 aliphatic rings. The summed E-state index contributed by atoms with van der Waals surface area (Å²) in [4.78, 5) is 0. The molecular weight excluding hydrogens is 454 g/mol. The van der Waals surface area contributed by atoms with Crippen LogP contribution in [0.1, 0.15) is 41.7 Å². The molecule has 37 heavy (non-hydrogen) atoms. The summed E-state index contributed by atoms with van der Waals surface area (Å²) in [5.41, 5.74) is 10.4. The molecule has 1 atom stereocenters. The molecule has 3 nitrogen and oxygen atoms in total. The summed E-state index contributed by atoms with van der Waals surface area (Å²) in [5.74, 6) is 0.846. The summed E-state index contributed by atoms with van der Waals surface area (Å²) in [7, 11) is 4.36. The molecule has 5 rings (SSSR count). The first-order valence-corrected chi connectivity index (χ1v) is 12.9. The van der Waals surface area contributed by atoms with Gasteiger partial charge in [-0.1, -0.05) is 97.7 Å². The molecule has 0 saturated carbocycles. The van der Waals surface area contributed by atoms with Gasteiger partial charge in [0.25, 0.3) is 0 Å². The van der Waals surface area contributed by atoms with E-state index in [1.165, 1.54) is 49.9 Å². The molecule has 1 unspecified atom stereocenters. The van der Waals surface area contributed by atoms with Crippen LogP contribution in [0.5, 0.6) is 5.75 Å². The van der Waals surface area contributed by atoms with Crippen molar-refractivity contribution in [3.8, 4) is 16.9 Å². The second kappa shape index (κ2) is 9.89. The minimum Gasteiger partial charge on any atom is -0.497 e. The Hall–Kier alpha value is -3.27. The smallest absolute Gasteiger partial charge is 0.309 e. The number of fused-ring (bicyclic) bond motifs is 3. The fraction of sp³-hybridized carbons (Fsp3) is 0.250. The maximum absolute atomic E-state index is 9.69.